The molecular formula is C29H32FN5O2S. The Hall–Kier alpha value is -3.58. The summed E-state index contributed by atoms with van der Waals surface area (Å²) in [7, 11) is -3.75. The van der Waals surface area contributed by atoms with Crippen LogP contribution in [0.1, 0.15) is 42.1 Å². The lowest BCUT2D eigenvalue weighted by Crippen LogP contribution is -2.51. The Morgan fingerprint density at radius 3 is 2.42 bits per heavy atom. The van der Waals surface area contributed by atoms with Crippen LogP contribution in [-0.4, -0.2) is 50.0 Å². The van der Waals surface area contributed by atoms with Gasteiger partial charge in [-0.3, -0.25) is 4.90 Å². The Balaban J connectivity index is 1.68. The molecule has 0 aliphatic carbocycles. The topological polar surface area (TPSA) is 100 Å². The smallest absolute Gasteiger partial charge is 0.243 e. The molecule has 0 radical (unpaired) electrons. The van der Waals surface area contributed by atoms with Crippen molar-refractivity contribution in [3.05, 3.63) is 88.7 Å². The van der Waals surface area contributed by atoms with Crippen molar-refractivity contribution < 1.29 is 12.8 Å². The van der Waals surface area contributed by atoms with Gasteiger partial charge in [0.15, 0.2) is 0 Å². The minimum atomic E-state index is -3.75. The third-order valence-corrected chi connectivity index (χ3v) is 8.63. The van der Waals surface area contributed by atoms with Gasteiger partial charge >= 0.3 is 0 Å². The van der Waals surface area contributed by atoms with E-state index in [0.717, 1.165) is 23.4 Å². The van der Waals surface area contributed by atoms with E-state index in [2.05, 4.69) is 24.1 Å². The van der Waals surface area contributed by atoms with Crippen molar-refractivity contribution in [1.82, 2.24) is 9.21 Å². The van der Waals surface area contributed by atoms with Crippen LogP contribution in [0.15, 0.2) is 65.6 Å². The van der Waals surface area contributed by atoms with Gasteiger partial charge in [-0.25, -0.2) is 12.8 Å². The zero-order chi connectivity index (χ0) is 27.4. The molecule has 0 aromatic heterocycles. The van der Waals surface area contributed by atoms with E-state index in [0.29, 0.717) is 35.8 Å². The van der Waals surface area contributed by atoms with Crippen molar-refractivity contribution >= 4 is 27.6 Å². The maximum Gasteiger partial charge on any atom is 0.243 e. The van der Waals surface area contributed by atoms with Crippen molar-refractivity contribution in [2.24, 2.45) is 5.92 Å². The predicted molar refractivity (Wildman–Crippen MR) is 148 cm³/mol. The number of aryl methyl sites for hydroxylation is 1. The fourth-order valence-corrected chi connectivity index (χ4v) is 6.30. The number of sulfonamides is 1. The van der Waals surface area contributed by atoms with Gasteiger partial charge in [-0.1, -0.05) is 13.8 Å². The zero-order valence-corrected chi connectivity index (χ0v) is 22.6. The first-order chi connectivity index (χ1) is 18.1. The van der Waals surface area contributed by atoms with E-state index in [1.807, 2.05) is 25.1 Å². The molecule has 7 nitrogen and oxygen atoms in total. The van der Waals surface area contributed by atoms with E-state index in [4.69, 9.17) is 10.7 Å². The van der Waals surface area contributed by atoms with Gasteiger partial charge < -0.3 is 10.7 Å². The molecule has 3 aromatic rings. The molecule has 4 rings (SSSR count). The standard InChI is InChI=1S/C29H32FN5O2S/c1-20(2)18-34-12-13-35(38(36,37)26-10-4-22(16-31)5-11-26)19-29(34)27-15-23(17-32)28(14-21(27)3)33-25-8-6-24(30)7-9-25/h4-11,14-15,17,20,29,32-33H,12-13,18-19H2,1-3H3/t29-/m1/s1. The van der Waals surface area contributed by atoms with Crippen molar-refractivity contribution in [1.29, 1.82) is 10.7 Å². The number of hydrogen-bond donors (Lipinski definition) is 2. The van der Waals surface area contributed by atoms with Crippen LogP contribution in [-0.2, 0) is 10.0 Å². The van der Waals surface area contributed by atoms with Crippen molar-refractivity contribution in [3.63, 3.8) is 0 Å². The van der Waals surface area contributed by atoms with Gasteiger partial charge in [0.1, 0.15) is 5.82 Å². The summed E-state index contributed by atoms with van der Waals surface area (Å²) in [4.78, 5) is 2.49. The lowest BCUT2D eigenvalue weighted by molar-refractivity contribution is 0.105. The SMILES string of the molecule is Cc1cc(Nc2ccc(F)cc2)c(C=N)cc1[C@H]1CN(S(=O)(=O)c2ccc(C#N)cc2)CCN1CC(C)C. The van der Waals surface area contributed by atoms with Gasteiger partial charge in [0, 0.05) is 55.4 Å². The molecule has 1 saturated heterocycles. The van der Waals surface area contributed by atoms with Gasteiger partial charge in [0.25, 0.3) is 0 Å². The highest BCUT2D eigenvalue weighted by Gasteiger charge is 2.36. The average molecular weight is 534 g/mol. The number of nitrogens with zero attached hydrogens (tertiary/aromatic N) is 3. The van der Waals surface area contributed by atoms with Crippen LogP contribution < -0.4 is 5.32 Å². The van der Waals surface area contributed by atoms with E-state index >= 15 is 0 Å². The molecular weight excluding hydrogens is 501 g/mol. The number of nitriles is 1. The molecule has 38 heavy (non-hydrogen) atoms. The van der Waals surface area contributed by atoms with Crippen molar-refractivity contribution in [2.45, 2.75) is 31.7 Å². The summed E-state index contributed by atoms with van der Waals surface area (Å²) in [5, 5.41) is 20.4. The molecule has 1 atom stereocenters. The average Bonchev–Trinajstić information content (AvgIpc) is 2.90. The van der Waals surface area contributed by atoms with Crippen LogP contribution in [0.3, 0.4) is 0 Å². The van der Waals surface area contributed by atoms with Gasteiger partial charge in [0.05, 0.1) is 16.5 Å². The molecule has 9 heteroatoms. The minimum absolute atomic E-state index is 0.170. The largest absolute Gasteiger partial charge is 0.355 e. The Morgan fingerprint density at radius 1 is 1.13 bits per heavy atom. The van der Waals surface area contributed by atoms with E-state index in [-0.39, 0.29) is 23.3 Å². The minimum Gasteiger partial charge on any atom is -0.355 e. The van der Waals surface area contributed by atoms with E-state index in [9.17, 15) is 12.8 Å². The molecule has 1 fully saturated rings. The molecule has 0 saturated carbocycles. The molecule has 0 spiro atoms. The van der Waals surface area contributed by atoms with E-state index < -0.39 is 10.0 Å². The van der Waals surface area contributed by atoms with E-state index in [1.165, 1.54) is 46.9 Å². The summed E-state index contributed by atoms with van der Waals surface area (Å²) in [6, 6.07) is 17.8. The first-order valence-electron chi connectivity index (χ1n) is 12.5. The van der Waals surface area contributed by atoms with Crippen molar-refractivity contribution in [3.8, 4) is 6.07 Å². The second-order valence-electron chi connectivity index (χ2n) is 9.98. The number of halogens is 1. The van der Waals surface area contributed by atoms with Crippen LogP contribution in [0.4, 0.5) is 15.8 Å². The monoisotopic (exact) mass is 533 g/mol. The fraction of sp³-hybridized carbons (Fsp3) is 0.310. The quantitative estimate of drug-likeness (QED) is 0.375. The third kappa shape index (κ3) is 5.94. The second-order valence-corrected chi connectivity index (χ2v) is 11.9. The zero-order valence-electron chi connectivity index (χ0n) is 21.8. The maximum atomic E-state index is 13.5. The summed E-state index contributed by atoms with van der Waals surface area (Å²) < 4.78 is 41.9. The van der Waals surface area contributed by atoms with Gasteiger partial charge in [-0.2, -0.15) is 9.57 Å². The van der Waals surface area contributed by atoms with Gasteiger partial charge in [0.2, 0.25) is 10.0 Å². The molecule has 0 bridgehead atoms. The number of benzene rings is 3. The Morgan fingerprint density at radius 2 is 1.82 bits per heavy atom. The Kier molecular flexibility index (Phi) is 8.26. The summed E-state index contributed by atoms with van der Waals surface area (Å²) >= 11 is 0. The maximum absolute atomic E-state index is 13.5. The van der Waals surface area contributed by atoms with Gasteiger partial charge in [-0.15, -0.1) is 0 Å². The summed E-state index contributed by atoms with van der Waals surface area (Å²) in [6.07, 6.45) is 1.27. The van der Waals surface area contributed by atoms with Crippen LogP contribution >= 0.6 is 0 Å². The molecule has 198 valence electrons. The van der Waals surface area contributed by atoms with Crippen molar-refractivity contribution in [2.75, 3.05) is 31.5 Å². The number of piperazine rings is 1. The highest BCUT2D eigenvalue weighted by atomic mass is 32.2. The van der Waals surface area contributed by atoms with Crippen LogP contribution in [0.25, 0.3) is 0 Å². The molecule has 3 aromatic carbocycles. The molecule has 0 unspecified atom stereocenters. The van der Waals surface area contributed by atoms with Crippen LogP contribution in [0.5, 0.6) is 0 Å². The third-order valence-electron chi connectivity index (χ3n) is 6.75. The lowest BCUT2D eigenvalue weighted by Gasteiger charge is -2.42. The second kappa shape index (κ2) is 11.4. The normalized spacial score (nSPS) is 16.8. The highest BCUT2D eigenvalue weighted by molar-refractivity contribution is 7.89. The number of rotatable bonds is 8. The number of nitrogens with one attached hydrogen (secondary N) is 2. The molecule has 1 aliphatic rings. The fourth-order valence-electron chi connectivity index (χ4n) is 4.86. The molecule has 2 N–H and O–H groups in total. The first-order valence-corrected chi connectivity index (χ1v) is 14.0. The summed E-state index contributed by atoms with van der Waals surface area (Å²) in [5.41, 5.74) is 4.44. The summed E-state index contributed by atoms with van der Waals surface area (Å²) in [6.45, 7) is 8.30. The summed E-state index contributed by atoms with van der Waals surface area (Å²) in [5.74, 6) is 0.0681. The van der Waals surface area contributed by atoms with Crippen LogP contribution in [0.2, 0.25) is 0 Å². The van der Waals surface area contributed by atoms with Crippen LogP contribution in [0, 0.1) is 35.4 Å². The Labute approximate surface area is 224 Å². The lowest BCUT2D eigenvalue weighted by atomic mass is 9.94. The number of anilines is 2. The highest BCUT2D eigenvalue weighted by Crippen LogP contribution is 2.34. The Bertz CT molecular complexity index is 1450. The number of hydrogen-bond acceptors (Lipinski definition) is 6. The van der Waals surface area contributed by atoms with E-state index in [1.54, 1.807) is 12.1 Å². The molecule has 0 amide bonds. The predicted octanol–water partition coefficient (Wildman–Crippen LogP) is 5.45. The molecule has 1 heterocycles. The molecule has 1 aliphatic heterocycles. The first kappa shape index (κ1) is 27.5. The van der Waals surface area contributed by atoms with Gasteiger partial charge in [-0.05, 0) is 84.6 Å².